The zero-order valence-electron chi connectivity index (χ0n) is 16.2. The summed E-state index contributed by atoms with van der Waals surface area (Å²) in [6, 6.07) is 5.74. The van der Waals surface area contributed by atoms with Gasteiger partial charge in [0, 0.05) is 12.1 Å². The van der Waals surface area contributed by atoms with Crippen LogP contribution in [0, 0.1) is 20.8 Å². The Hall–Kier alpha value is -2.67. The van der Waals surface area contributed by atoms with Crippen molar-refractivity contribution in [2.75, 3.05) is 17.2 Å². The molecule has 0 bridgehead atoms. The maximum absolute atomic E-state index is 12.8. The van der Waals surface area contributed by atoms with Crippen LogP contribution in [-0.4, -0.2) is 24.4 Å². The number of rotatable bonds is 6. The number of hydrogen-bond donors (Lipinski definition) is 2. The molecule has 1 aromatic carbocycles. The van der Waals surface area contributed by atoms with Gasteiger partial charge in [0.05, 0.1) is 17.0 Å². The normalized spacial score (nSPS) is 10.4. The van der Waals surface area contributed by atoms with Crippen LogP contribution in [0.15, 0.2) is 18.2 Å². The predicted molar refractivity (Wildman–Crippen MR) is 108 cm³/mol. The number of anilines is 2. The predicted octanol–water partition coefficient (Wildman–Crippen LogP) is 4.45. The van der Waals surface area contributed by atoms with Crippen LogP contribution in [0.4, 0.5) is 10.7 Å². The summed E-state index contributed by atoms with van der Waals surface area (Å²) in [6.45, 7) is 9.21. The second-order valence-corrected chi connectivity index (χ2v) is 7.18. The lowest BCUT2D eigenvalue weighted by molar-refractivity contribution is -0.115. The van der Waals surface area contributed by atoms with Crippen molar-refractivity contribution in [3.05, 3.63) is 45.3 Å². The third kappa shape index (κ3) is 4.74. The van der Waals surface area contributed by atoms with Gasteiger partial charge in [-0.25, -0.2) is 4.79 Å². The molecule has 6 nitrogen and oxygen atoms in total. The number of nitrogens with one attached hydrogen (secondary N) is 2. The molecule has 0 saturated carbocycles. The largest absolute Gasteiger partial charge is 0.462 e. The summed E-state index contributed by atoms with van der Waals surface area (Å²) in [6.07, 6.45) is 0.267. The first-order valence-corrected chi connectivity index (χ1v) is 9.59. The number of hydrogen-bond acceptors (Lipinski definition) is 5. The molecule has 2 rings (SSSR count). The highest BCUT2D eigenvalue weighted by atomic mass is 32.1. The molecule has 2 N–H and O–H groups in total. The van der Waals surface area contributed by atoms with E-state index < -0.39 is 5.97 Å². The van der Waals surface area contributed by atoms with Gasteiger partial charge >= 0.3 is 5.97 Å². The number of esters is 1. The molecule has 0 aliphatic carbocycles. The van der Waals surface area contributed by atoms with E-state index in [1.165, 1.54) is 0 Å². The highest BCUT2D eigenvalue weighted by Gasteiger charge is 2.26. The lowest BCUT2D eigenvalue weighted by Gasteiger charge is -2.09. The standard InChI is InChI=1S/C20H24N2O4S/c1-6-15(23)22-19-16(20(25)26-7-2)13(5)17(27-19)18(24)21-14-9-8-11(3)10-12(14)4/h8-10H,6-7H2,1-5H3,(H,21,24)(H,22,23). The molecule has 0 aliphatic rings. The Morgan fingerprint density at radius 3 is 2.37 bits per heavy atom. The average Bonchev–Trinajstić information content (AvgIpc) is 2.93. The monoisotopic (exact) mass is 388 g/mol. The van der Waals surface area contributed by atoms with Gasteiger partial charge in [0.2, 0.25) is 5.91 Å². The van der Waals surface area contributed by atoms with Crippen LogP contribution in [0.3, 0.4) is 0 Å². The summed E-state index contributed by atoms with van der Waals surface area (Å²) in [5.41, 5.74) is 3.48. The minimum Gasteiger partial charge on any atom is -0.462 e. The van der Waals surface area contributed by atoms with Crippen molar-refractivity contribution in [2.24, 2.45) is 0 Å². The molecule has 2 aromatic rings. The van der Waals surface area contributed by atoms with Gasteiger partial charge in [0.1, 0.15) is 5.00 Å². The van der Waals surface area contributed by atoms with Crippen molar-refractivity contribution < 1.29 is 19.1 Å². The zero-order valence-corrected chi connectivity index (χ0v) is 17.0. The molecule has 0 radical (unpaired) electrons. The minimum atomic E-state index is -0.553. The Labute approximate surface area is 162 Å². The number of ether oxygens (including phenoxy) is 1. The Morgan fingerprint density at radius 2 is 1.78 bits per heavy atom. The van der Waals surface area contributed by atoms with Gasteiger partial charge in [-0.2, -0.15) is 0 Å². The molecule has 0 unspecified atom stereocenters. The van der Waals surface area contributed by atoms with Crippen molar-refractivity contribution in [1.82, 2.24) is 0 Å². The number of aryl methyl sites for hydroxylation is 2. The van der Waals surface area contributed by atoms with Crippen molar-refractivity contribution in [3.8, 4) is 0 Å². The van der Waals surface area contributed by atoms with E-state index in [4.69, 9.17) is 4.74 Å². The summed E-state index contributed by atoms with van der Waals surface area (Å²) < 4.78 is 5.09. The summed E-state index contributed by atoms with van der Waals surface area (Å²) in [5.74, 6) is -1.11. The second-order valence-electron chi connectivity index (χ2n) is 6.16. The molecule has 0 spiro atoms. The SMILES string of the molecule is CCOC(=O)c1c(NC(=O)CC)sc(C(=O)Nc2ccc(C)cc2C)c1C. The van der Waals surface area contributed by atoms with Crippen LogP contribution in [0.5, 0.6) is 0 Å². The maximum atomic E-state index is 12.8. The smallest absolute Gasteiger partial charge is 0.341 e. The average molecular weight is 388 g/mol. The van der Waals surface area contributed by atoms with Gasteiger partial charge < -0.3 is 15.4 Å². The van der Waals surface area contributed by atoms with Crippen LogP contribution in [-0.2, 0) is 9.53 Å². The second kappa shape index (κ2) is 8.81. The van der Waals surface area contributed by atoms with Crippen molar-refractivity contribution in [3.63, 3.8) is 0 Å². The van der Waals surface area contributed by atoms with Gasteiger partial charge in [-0.1, -0.05) is 24.6 Å². The molecular weight excluding hydrogens is 364 g/mol. The fourth-order valence-electron chi connectivity index (χ4n) is 2.62. The fraction of sp³-hybridized carbons (Fsp3) is 0.350. The molecule has 1 heterocycles. The molecule has 0 atom stereocenters. The van der Waals surface area contributed by atoms with Gasteiger partial charge in [0.15, 0.2) is 0 Å². The van der Waals surface area contributed by atoms with Gasteiger partial charge in [0.25, 0.3) is 5.91 Å². The molecule has 0 fully saturated rings. The molecule has 144 valence electrons. The minimum absolute atomic E-state index is 0.208. The summed E-state index contributed by atoms with van der Waals surface area (Å²) in [7, 11) is 0. The number of carbonyl (C=O) groups is 3. The number of thiophene rings is 1. The number of amides is 2. The molecular formula is C20H24N2O4S. The molecule has 2 amide bonds. The van der Waals surface area contributed by atoms with Gasteiger partial charge in [-0.15, -0.1) is 11.3 Å². The van der Waals surface area contributed by atoms with Crippen molar-refractivity contribution in [1.29, 1.82) is 0 Å². The molecule has 7 heteroatoms. The van der Waals surface area contributed by atoms with Crippen LogP contribution in [0.1, 0.15) is 57.0 Å². The van der Waals surface area contributed by atoms with Crippen LogP contribution in [0.25, 0.3) is 0 Å². The summed E-state index contributed by atoms with van der Waals surface area (Å²) in [5, 5.41) is 5.91. The van der Waals surface area contributed by atoms with Gasteiger partial charge in [-0.05, 0) is 44.9 Å². The lowest BCUT2D eigenvalue weighted by atomic mass is 10.1. The van der Waals surface area contributed by atoms with E-state index in [0.29, 0.717) is 21.1 Å². The van der Waals surface area contributed by atoms with Crippen LogP contribution < -0.4 is 10.6 Å². The van der Waals surface area contributed by atoms with Crippen molar-refractivity contribution in [2.45, 2.75) is 41.0 Å². The summed E-state index contributed by atoms with van der Waals surface area (Å²) in [4.78, 5) is 37.3. The third-order valence-corrected chi connectivity index (χ3v) is 5.24. The van der Waals surface area contributed by atoms with Gasteiger partial charge in [-0.3, -0.25) is 9.59 Å². The van der Waals surface area contributed by atoms with E-state index in [1.54, 1.807) is 20.8 Å². The van der Waals surface area contributed by atoms with E-state index in [1.807, 2.05) is 32.0 Å². The highest BCUT2D eigenvalue weighted by Crippen LogP contribution is 2.34. The third-order valence-electron chi connectivity index (χ3n) is 4.04. The quantitative estimate of drug-likeness (QED) is 0.716. The first-order valence-electron chi connectivity index (χ1n) is 8.77. The molecule has 27 heavy (non-hydrogen) atoms. The zero-order chi connectivity index (χ0) is 20.1. The Bertz CT molecular complexity index is 886. The fourth-order valence-corrected chi connectivity index (χ4v) is 3.72. The van der Waals surface area contributed by atoms with E-state index in [0.717, 1.165) is 22.5 Å². The Morgan fingerprint density at radius 1 is 1.07 bits per heavy atom. The Balaban J connectivity index is 2.40. The first kappa shape index (κ1) is 20.6. The van der Waals surface area contributed by atoms with E-state index in [-0.39, 0.29) is 30.4 Å². The Kier molecular flexibility index (Phi) is 6.74. The summed E-state index contributed by atoms with van der Waals surface area (Å²) >= 11 is 1.08. The first-order chi connectivity index (χ1) is 12.8. The van der Waals surface area contributed by atoms with Crippen molar-refractivity contribution >= 4 is 39.8 Å². The number of carbonyl (C=O) groups excluding carboxylic acids is 3. The lowest BCUT2D eigenvalue weighted by Crippen LogP contribution is -2.14. The molecule has 0 aliphatic heterocycles. The van der Waals surface area contributed by atoms with E-state index in [9.17, 15) is 14.4 Å². The van der Waals surface area contributed by atoms with Crippen LogP contribution >= 0.6 is 11.3 Å². The van der Waals surface area contributed by atoms with E-state index in [2.05, 4.69) is 10.6 Å². The topological polar surface area (TPSA) is 84.5 Å². The molecule has 1 aromatic heterocycles. The molecule has 0 saturated heterocycles. The number of benzene rings is 1. The van der Waals surface area contributed by atoms with E-state index >= 15 is 0 Å². The highest BCUT2D eigenvalue weighted by molar-refractivity contribution is 7.18. The maximum Gasteiger partial charge on any atom is 0.341 e. The van der Waals surface area contributed by atoms with Crippen LogP contribution in [0.2, 0.25) is 0 Å².